The zero-order valence-electron chi connectivity index (χ0n) is 10.3. The molecule has 1 atom stereocenters. The summed E-state index contributed by atoms with van der Waals surface area (Å²) in [6, 6.07) is 4.41. The fourth-order valence-electron chi connectivity index (χ4n) is 1.34. The molecule has 1 N–H and O–H groups in total. The Morgan fingerprint density at radius 1 is 1.50 bits per heavy atom. The van der Waals surface area contributed by atoms with Crippen LogP contribution in [-0.4, -0.2) is 38.3 Å². The van der Waals surface area contributed by atoms with Crippen molar-refractivity contribution < 1.29 is 17.9 Å². The lowest BCUT2D eigenvalue weighted by molar-refractivity contribution is -0.142. The Balaban J connectivity index is 2.53. The van der Waals surface area contributed by atoms with Gasteiger partial charge in [0.2, 0.25) is 10.0 Å². The van der Waals surface area contributed by atoms with Crippen LogP contribution in [0.5, 0.6) is 0 Å². The normalized spacial score (nSPS) is 13.0. The van der Waals surface area contributed by atoms with Crippen molar-refractivity contribution in [2.75, 3.05) is 12.9 Å². The number of methoxy groups -OCH3 is 1. The molecule has 7 heteroatoms. The third-order valence-electron chi connectivity index (χ3n) is 2.26. The third-order valence-corrected chi connectivity index (χ3v) is 3.72. The highest BCUT2D eigenvalue weighted by Gasteiger charge is 2.20. The summed E-state index contributed by atoms with van der Waals surface area (Å²) < 4.78 is 30.1. The first-order valence-electron chi connectivity index (χ1n) is 5.42. The lowest BCUT2D eigenvalue weighted by atomic mass is 10.3. The highest BCUT2D eigenvalue weighted by Crippen LogP contribution is 1.99. The number of carbonyl (C=O) groups excluding carboxylic acids is 1. The van der Waals surface area contributed by atoms with Crippen LogP contribution >= 0.6 is 0 Å². The highest BCUT2D eigenvalue weighted by atomic mass is 32.2. The molecule has 1 rings (SSSR count). The van der Waals surface area contributed by atoms with Crippen LogP contribution in [0.3, 0.4) is 0 Å². The fraction of sp³-hybridized carbons (Fsp3) is 0.455. The molecule has 0 amide bonds. The van der Waals surface area contributed by atoms with E-state index in [4.69, 9.17) is 0 Å². The van der Waals surface area contributed by atoms with Crippen molar-refractivity contribution in [2.24, 2.45) is 0 Å². The van der Waals surface area contributed by atoms with E-state index in [-0.39, 0.29) is 5.75 Å². The van der Waals surface area contributed by atoms with Crippen LogP contribution < -0.4 is 4.72 Å². The maximum absolute atomic E-state index is 11.7. The van der Waals surface area contributed by atoms with Crippen LogP contribution in [0, 0.1) is 0 Å². The molecule has 6 nitrogen and oxygen atoms in total. The number of nitrogens with one attached hydrogen (secondary N) is 1. The number of rotatable bonds is 6. The maximum Gasteiger partial charge on any atom is 0.323 e. The summed E-state index contributed by atoms with van der Waals surface area (Å²) >= 11 is 0. The van der Waals surface area contributed by atoms with Gasteiger partial charge in [-0.3, -0.25) is 9.78 Å². The van der Waals surface area contributed by atoms with Crippen LogP contribution in [0.25, 0.3) is 0 Å². The molecule has 0 aliphatic heterocycles. The van der Waals surface area contributed by atoms with Crippen molar-refractivity contribution >= 4 is 16.0 Å². The lowest BCUT2D eigenvalue weighted by Gasteiger charge is -2.11. The summed E-state index contributed by atoms with van der Waals surface area (Å²) in [6.45, 7) is 1.43. The number of aryl methyl sites for hydroxylation is 1. The maximum atomic E-state index is 11.7. The first kappa shape index (κ1) is 14.6. The number of ether oxygens (including phenoxy) is 1. The van der Waals surface area contributed by atoms with Gasteiger partial charge in [-0.25, -0.2) is 13.1 Å². The number of hydrogen-bond donors (Lipinski definition) is 1. The molecule has 0 aliphatic carbocycles. The average molecular weight is 272 g/mol. The zero-order chi connectivity index (χ0) is 13.6. The number of pyridine rings is 1. The molecule has 0 saturated carbocycles. The molecule has 1 aromatic heterocycles. The smallest absolute Gasteiger partial charge is 0.323 e. The molecule has 1 aromatic rings. The minimum Gasteiger partial charge on any atom is -0.468 e. The molecule has 0 fully saturated rings. The molecule has 100 valence electrons. The van der Waals surface area contributed by atoms with E-state index in [1.54, 1.807) is 24.4 Å². The quantitative estimate of drug-likeness (QED) is 0.743. The predicted octanol–water partition coefficient (Wildman–Crippen LogP) is 0.105. The van der Waals surface area contributed by atoms with E-state index in [0.717, 1.165) is 0 Å². The second-order valence-corrected chi connectivity index (χ2v) is 5.63. The molecular weight excluding hydrogens is 256 g/mol. The van der Waals surface area contributed by atoms with Crippen LogP contribution in [0.2, 0.25) is 0 Å². The Labute approximate surface area is 106 Å². The van der Waals surface area contributed by atoms with Gasteiger partial charge in [-0.2, -0.15) is 0 Å². The number of carbonyl (C=O) groups is 1. The average Bonchev–Trinajstić information content (AvgIpc) is 2.36. The van der Waals surface area contributed by atoms with Crippen molar-refractivity contribution in [3.05, 3.63) is 30.1 Å². The molecular formula is C11H16N2O4S. The number of aromatic nitrogens is 1. The van der Waals surface area contributed by atoms with Gasteiger partial charge in [-0.15, -0.1) is 0 Å². The van der Waals surface area contributed by atoms with Crippen LogP contribution in [0.4, 0.5) is 0 Å². The van der Waals surface area contributed by atoms with Gasteiger partial charge in [-0.05, 0) is 19.1 Å². The Morgan fingerprint density at radius 2 is 2.22 bits per heavy atom. The van der Waals surface area contributed by atoms with Gasteiger partial charge in [-0.1, -0.05) is 6.07 Å². The highest BCUT2D eigenvalue weighted by molar-refractivity contribution is 7.89. The van der Waals surface area contributed by atoms with Crippen LogP contribution in [-0.2, 0) is 26.0 Å². The van der Waals surface area contributed by atoms with Gasteiger partial charge < -0.3 is 4.74 Å². The minimum atomic E-state index is -3.52. The molecule has 0 saturated heterocycles. The van der Waals surface area contributed by atoms with Crippen LogP contribution in [0.1, 0.15) is 12.6 Å². The summed E-state index contributed by atoms with van der Waals surface area (Å²) in [4.78, 5) is 15.1. The minimum absolute atomic E-state index is 0.120. The van der Waals surface area contributed by atoms with Gasteiger partial charge >= 0.3 is 5.97 Å². The molecule has 0 unspecified atom stereocenters. The molecule has 0 aromatic carbocycles. The molecule has 0 spiro atoms. The largest absolute Gasteiger partial charge is 0.468 e. The van der Waals surface area contributed by atoms with Crippen molar-refractivity contribution in [3.63, 3.8) is 0 Å². The van der Waals surface area contributed by atoms with Gasteiger partial charge in [0.25, 0.3) is 0 Å². The van der Waals surface area contributed by atoms with E-state index >= 15 is 0 Å². The van der Waals surface area contributed by atoms with Crippen LogP contribution in [0.15, 0.2) is 24.4 Å². The van der Waals surface area contributed by atoms with E-state index < -0.39 is 22.0 Å². The zero-order valence-corrected chi connectivity index (χ0v) is 11.1. The Morgan fingerprint density at radius 3 is 2.78 bits per heavy atom. The second kappa shape index (κ2) is 6.46. The number of hydrogen-bond acceptors (Lipinski definition) is 5. The van der Waals surface area contributed by atoms with Crippen molar-refractivity contribution in [1.82, 2.24) is 9.71 Å². The van der Waals surface area contributed by atoms with E-state index in [0.29, 0.717) is 12.1 Å². The summed E-state index contributed by atoms with van der Waals surface area (Å²) in [7, 11) is -2.32. The Hall–Kier alpha value is -1.47. The number of sulfonamides is 1. The van der Waals surface area contributed by atoms with Gasteiger partial charge in [0, 0.05) is 18.3 Å². The van der Waals surface area contributed by atoms with E-state index in [9.17, 15) is 13.2 Å². The van der Waals surface area contributed by atoms with Crippen molar-refractivity contribution in [3.8, 4) is 0 Å². The van der Waals surface area contributed by atoms with Gasteiger partial charge in [0.05, 0.1) is 12.9 Å². The molecule has 18 heavy (non-hydrogen) atoms. The topological polar surface area (TPSA) is 85.4 Å². The lowest BCUT2D eigenvalue weighted by Crippen LogP contribution is -2.40. The number of esters is 1. The van der Waals surface area contributed by atoms with Gasteiger partial charge in [0.1, 0.15) is 6.04 Å². The third kappa shape index (κ3) is 4.80. The summed E-state index contributed by atoms with van der Waals surface area (Å²) in [5.74, 6) is -0.734. The Kier molecular flexibility index (Phi) is 5.24. The molecule has 0 aliphatic rings. The van der Waals surface area contributed by atoms with Crippen molar-refractivity contribution in [1.29, 1.82) is 0 Å². The predicted molar refractivity (Wildman–Crippen MR) is 66.3 cm³/mol. The Bertz CT molecular complexity index is 487. The fourth-order valence-corrected chi connectivity index (χ4v) is 2.57. The SMILES string of the molecule is COC(=O)[C@H](C)NS(=O)(=O)CCc1ccccn1. The van der Waals surface area contributed by atoms with Crippen molar-refractivity contribution in [2.45, 2.75) is 19.4 Å². The first-order chi connectivity index (χ1) is 8.44. The second-order valence-electron chi connectivity index (χ2n) is 3.75. The van der Waals surface area contributed by atoms with E-state index in [2.05, 4.69) is 14.4 Å². The van der Waals surface area contributed by atoms with E-state index in [1.165, 1.54) is 14.0 Å². The van der Waals surface area contributed by atoms with Gasteiger partial charge in [0.15, 0.2) is 0 Å². The summed E-state index contributed by atoms with van der Waals surface area (Å²) in [5.41, 5.74) is 0.689. The first-order valence-corrected chi connectivity index (χ1v) is 7.07. The standard InChI is InChI=1S/C11H16N2O4S/c1-9(11(14)17-2)13-18(15,16)8-6-10-5-3-4-7-12-10/h3-5,7,9,13H,6,8H2,1-2H3/t9-/m0/s1. The summed E-state index contributed by atoms with van der Waals surface area (Å²) in [6.07, 6.45) is 1.90. The summed E-state index contributed by atoms with van der Waals surface area (Å²) in [5, 5.41) is 0. The monoisotopic (exact) mass is 272 g/mol. The number of nitrogens with zero attached hydrogens (tertiary/aromatic N) is 1. The molecule has 1 heterocycles. The molecule has 0 bridgehead atoms. The van der Waals surface area contributed by atoms with E-state index in [1.807, 2.05) is 0 Å². The molecule has 0 radical (unpaired) electrons.